The molecule has 24 heavy (non-hydrogen) atoms. The molecule has 0 atom stereocenters. The minimum Gasteiger partial charge on any atom is -0.488 e. The van der Waals surface area contributed by atoms with Crippen molar-refractivity contribution in [2.45, 2.75) is 19.4 Å². The molecule has 1 N–H and O–H groups in total. The van der Waals surface area contributed by atoms with Gasteiger partial charge in [0.25, 0.3) is 0 Å². The van der Waals surface area contributed by atoms with Crippen molar-refractivity contribution in [3.05, 3.63) is 70.3 Å². The van der Waals surface area contributed by atoms with Gasteiger partial charge in [0.2, 0.25) is 0 Å². The number of aromatic carboxylic acids is 1. The number of hydrogen-bond donors (Lipinski definition) is 1. The van der Waals surface area contributed by atoms with Gasteiger partial charge in [-0.15, -0.1) is 0 Å². The maximum absolute atomic E-state index is 11.3. The average molecular weight is 317 g/mol. The average Bonchev–Trinajstić information content (AvgIpc) is 3.43. The molecule has 1 saturated carbocycles. The lowest BCUT2D eigenvalue weighted by Crippen LogP contribution is -2.02. The molecule has 0 radical (unpaired) electrons. The van der Waals surface area contributed by atoms with E-state index in [1.807, 2.05) is 24.3 Å². The van der Waals surface area contributed by atoms with Crippen molar-refractivity contribution in [3.63, 3.8) is 0 Å². The molecule has 2 aliphatic rings. The van der Waals surface area contributed by atoms with E-state index in [0.29, 0.717) is 12.5 Å². The van der Waals surface area contributed by atoms with Gasteiger partial charge in [-0.2, -0.15) is 5.26 Å². The predicted molar refractivity (Wildman–Crippen MR) is 88.5 cm³/mol. The second-order valence-electron chi connectivity index (χ2n) is 6.14. The Balaban J connectivity index is 2.01. The Morgan fingerprint density at radius 1 is 1.17 bits per heavy atom. The van der Waals surface area contributed by atoms with Gasteiger partial charge in [-0.3, -0.25) is 0 Å². The van der Waals surface area contributed by atoms with Crippen molar-refractivity contribution in [1.82, 2.24) is 0 Å². The molecule has 2 aromatic rings. The highest BCUT2D eigenvalue weighted by Crippen LogP contribution is 2.45. The third-order valence-corrected chi connectivity index (χ3v) is 4.54. The van der Waals surface area contributed by atoms with Crippen LogP contribution in [0.3, 0.4) is 0 Å². The van der Waals surface area contributed by atoms with E-state index >= 15 is 0 Å². The van der Waals surface area contributed by atoms with Gasteiger partial charge in [-0.1, -0.05) is 24.3 Å². The predicted octanol–water partition coefficient (Wildman–Crippen LogP) is 4.01. The van der Waals surface area contributed by atoms with Gasteiger partial charge in [-0.25, -0.2) is 4.79 Å². The molecule has 4 rings (SSSR count). The van der Waals surface area contributed by atoms with Gasteiger partial charge in [-0.05, 0) is 48.1 Å². The number of fused-ring (bicyclic) bond motifs is 2. The maximum atomic E-state index is 11.3. The lowest BCUT2D eigenvalue weighted by Gasteiger charge is -2.13. The molecule has 4 nitrogen and oxygen atoms in total. The zero-order chi connectivity index (χ0) is 16.7. The van der Waals surface area contributed by atoms with Gasteiger partial charge in [0.1, 0.15) is 12.4 Å². The van der Waals surface area contributed by atoms with Crippen LogP contribution in [0.1, 0.15) is 39.9 Å². The highest BCUT2D eigenvalue weighted by molar-refractivity contribution is 5.92. The van der Waals surface area contributed by atoms with Gasteiger partial charge in [0.05, 0.1) is 11.6 Å². The van der Waals surface area contributed by atoms with Crippen LogP contribution in [-0.4, -0.2) is 11.1 Å². The highest BCUT2D eigenvalue weighted by atomic mass is 16.5. The molecule has 1 aliphatic carbocycles. The third kappa shape index (κ3) is 2.35. The fourth-order valence-electron chi connectivity index (χ4n) is 3.20. The highest BCUT2D eigenvalue weighted by Gasteiger charge is 2.32. The molecule has 1 aliphatic heterocycles. The summed E-state index contributed by atoms with van der Waals surface area (Å²) in [6, 6.07) is 15.1. The molecule has 1 fully saturated rings. The number of benzene rings is 2. The van der Waals surface area contributed by atoms with Crippen molar-refractivity contribution in [2.75, 3.05) is 0 Å². The smallest absolute Gasteiger partial charge is 0.335 e. The summed E-state index contributed by atoms with van der Waals surface area (Å²) in [5.74, 6) is 0.0601. The first-order valence-corrected chi connectivity index (χ1v) is 7.92. The van der Waals surface area contributed by atoms with E-state index in [1.54, 1.807) is 18.2 Å². The third-order valence-electron chi connectivity index (χ3n) is 4.54. The van der Waals surface area contributed by atoms with Gasteiger partial charge in [0.15, 0.2) is 0 Å². The summed E-state index contributed by atoms with van der Waals surface area (Å²) in [5, 5.41) is 19.0. The molecule has 0 aromatic heterocycles. The zero-order valence-corrected chi connectivity index (χ0v) is 13.0. The van der Waals surface area contributed by atoms with E-state index in [-0.39, 0.29) is 5.56 Å². The van der Waals surface area contributed by atoms with E-state index in [4.69, 9.17) is 4.74 Å². The number of carboxylic acids is 1. The van der Waals surface area contributed by atoms with E-state index < -0.39 is 5.97 Å². The van der Waals surface area contributed by atoms with Crippen molar-refractivity contribution in [1.29, 1.82) is 5.26 Å². The summed E-state index contributed by atoms with van der Waals surface area (Å²) >= 11 is 0. The Kier molecular flexibility index (Phi) is 3.35. The fraction of sp³-hybridized carbons (Fsp3) is 0.200. The molecule has 2 aromatic carbocycles. The monoisotopic (exact) mass is 317 g/mol. The fourth-order valence-corrected chi connectivity index (χ4v) is 3.20. The summed E-state index contributed by atoms with van der Waals surface area (Å²) in [5.41, 5.74) is 4.50. The zero-order valence-electron chi connectivity index (χ0n) is 13.0. The topological polar surface area (TPSA) is 70.3 Å². The van der Waals surface area contributed by atoms with Crippen LogP contribution in [0.5, 0.6) is 5.75 Å². The number of nitriles is 1. The maximum Gasteiger partial charge on any atom is 0.335 e. The number of nitrogens with zero attached hydrogens (tertiary/aromatic N) is 1. The summed E-state index contributed by atoms with van der Waals surface area (Å²) in [4.78, 5) is 11.3. The lowest BCUT2D eigenvalue weighted by molar-refractivity contribution is 0.0696. The summed E-state index contributed by atoms with van der Waals surface area (Å²) in [7, 11) is 0. The Bertz CT molecular complexity index is 917. The number of para-hydroxylation sites is 1. The Hall–Kier alpha value is -3.06. The Morgan fingerprint density at radius 2 is 1.96 bits per heavy atom. The summed E-state index contributed by atoms with van der Waals surface area (Å²) < 4.78 is 5.90. The quantitative estimate of drug-likeness (QED) is 0.850. The first-order chi connectivity index (χ1) is 11.7. The lowest BCUT2D eigenvalue weighted by atomic mass is 9.88. The van der Waals surface area contributed by atoms with Crippen molar-refractivity contribution < 1.29 is 14.6 Å². The molecule has 0 saturated heterocycles. The second-order valence-corrected chi connectivity index (χ2v) is 6.14. The van der Waals surface area contributed by atoms with E-state index in [0.717, 1.165) is 46.4 Å². The summed E-state index contributed by atoms with van der Waals surface area (Å²) in [6.45, 7) is 0.292. The number of ether oxygens (including phenoxy) is 1. The molecular weight excluding hydrogens is 302 g/mol. The van der Waals surface area contributed by atoms with Gasteiger partial charge < -0.3 is 9.84 Å². The summed E-state index contributed by atoms with van der Waals surface area (Å²) in [6.07, 6.45) is 2.05. The first-order valence-electron chi connectivity index (χ1n) is 7.92. The van der Waals surface area contributed by atoms with Crippen LogP contribution >= 0.6 is 0 Å². The van der Waals surface area contributed by atoms with E-state index in [1.165, 1.54) is 0 Å². The van der Waals surface area contributed by atoms with Crippen LogP contribution in [0.2, 0.25) is 0 Å². The van der Waals surface area contributed by atoms with Gasteiger partial charge >= 0.3 is 5.97 Å². The second kappa shape index (κ2) is 5.54. The Morgan fingerprint density at radius 3 is 2.67 bits per heavy atom. The molecule has 1 heterocycles. The van der Waals surface area contributed by atoms with Crippen LogP contribution < -0.4 is 4.74 Å². The molecule has 4 heteroatoms. The van der Waals surface area contributed by atoms with Crippen LogP contribution in [0, 0.1) is 17.2 Å². The number of carboxylic acid groups (broad SMARTS) is 1. The number of rotatable bonds is 2. The number of carbonyl (C=O) groups is 1. The van der Waals surface area contributed by atoms with Crippen LogP contribution in [-0.2, 0) is 6.61 Å². The largest absolute Gasteiger partial charge is 0.488 e. The van der Waals surface area contributed by atoms with Crippen molar-refractivity contribution in [3.8, 4) is 11.8 Å². The minimum absolute atomic E-state index is 0.229. The van der Waals surface area contributed by atoms with Crippen LogP contribution in [0.4, 0.5) is 0 Å². The number of allylic oxidation sites excluding steroid dienone is 1. The standard InChI is InChI=1S/C20H15NO3/c21-10-17(12-5-6-12)19-15-8-7-13(20(22)23)9-14(15)11-24-18-4-2-1-3-16(18)19/h1-4,7-9,12H,5-6,11H2,(H,22,23)/b19-17+. The molecular formula is C20H15NO3. The minimum atomic E-state index is -0.965. The van der Waals surface area contributed by atoms with Crippen molar-refractivity contribution in [2.24, 2.45) is 5.92 Å². The molecule has 118 valence electrons. The normalized spacial score (nSPS) is 17.6. The molecule has 0 bridgehead atoms. The Labute approximate surface area is 139 Å². The van der Waals surface area contributed by atoms with Crippen LogP contribution in [0.15, 0.2) is 48.0 Å². The van der Waals surface area contributed by atoms with Crippen LogP contribution in [0.25, 0.3) is 5.57 Å². The molecule has 0 spiro atoms. The van der Waals surface area contributed by atoms with E-state index in [2.05, 4.69) is 6.07 Å². The van der Waals surface area contributed by atoms with Crippen molar-refractivity contribution >= 4 is 11.5 Å². The SMILES string of the molecule is N#C/C(=C1/c2ccc(C(=O)O)cc2COc2ccccc21)C1CC1. The molecule has 0 unspecified atom stereocenters. The van der Waals surface area contributed by atoms with E-state index in [9.17, 15) is 15.2 Å². The molecule has 0 amide bonds. The number of hydrogen-bond acceptors (Lipinski definition) is 3. The van der Waals surface area contributed by atoms with Gasteiger partial charge in [0, 0.05) is 16.7 Å². The first kappa shape index (κ1) is 14.5.